The summed E-state index contributed by atoms with van der Waals surface area (Å²) in [5.74, 6) is -0.107. The van der Waals surface area contributed by atoms with Crippen LogP contribution >= 0.6 is 11.8 Å². The number of para-hydroxylation sites is 2. The van der Waals surface area contributed by atoms with Gasteiger partial charge in [-0.15, -0.1) is 10.2 Å². The monoisotopic (exact) mass is 505 g/mol. The summed E-state index contributed by atoms with van der Waals surface area (Å²) < 4.78 is 21.1. The molecular formula is C26H24FN5O3S. The number of aryl methyl sites for hydroxylation is 1. The number of amides is 2. The molecule has 8 nitrogen and oxygen atoms in total. The Balaban J connectivity index is 1.44. The normalized spacial score (nSPS) is 10.6. The Morgan fingerprint density at radius 1 is 0.972 bits per heavy atom. The molecule has 184 valence electrons. The Morgan fingerprint density at radius 3 is 2.53 bits per heavy atom. The van der Waals surface area contributed by atoms with E-state index in [0.717, 1.165) is 23.0 Å². The highest BCUT2D eigenvalue weighted by atomic mass is 32.2. The SMILES string of the molecule is Cc1cccc(-n2c(CNC(=O)COc3ccccc3)nnc2SCC(=O)Nc2ccccc2F)c1. The van der Waals surface area contributed by atoms with Gasteiger partial charge in [0.2, 0.25) is 5.91 Å². The number of thioether (sulfide) groups is 1. The van der Waals surface area contributed by atoms with Crippen LogP contribution in [0.2, 0.25) is 0 Å². The van der Waals surface area contributed by atoms with Gasteiger partial charge in [0.05, 0.1) is 18.0 Å². The number of hydrogen-bond acceptors (Lipinski definition) is 6. The number of rotatable bonds is 10. The molecule has 2 amide bonds. The van der Waals surface area contributed by atoms with Gasteiger partial charge in [0.1, 0.15) is 11.6 Å². The Morgan fingerprint density at radius 2 is 1.75 bits per heavy atom. The molecule has 0 spiro atoms. The molecule has 4 rings (SSSR count). The Bertz CT molecular complexity index is 1350. The first kappa shape index (κ1) is 24.9. The lowest BCUT2D eigenvalue weighted by Gasteiger charge is -2.12. The molecular weight excluding hydrogens is 481 g/mol. The largest absolute Gasteiger partial charge is 0.484 e. The molecule has 0 atom stereocenters. The van der Waals surface area contributed by atoms with E-state index in [1.807, 2.05) is 49.4 Å². The highest BCUT2D eigenvalue weighted by Gasteiger charge is 2.17. The Labute approximate surface area is 211 Å². The Kier molecular flexibility index (Phi) is 8.30. The van der Waals surface area contributed by atoms with E-state index in [1.165, 1.54) is 12.1 Å². The Hall–Kier alpha value is -4.18. The number of carbonyl (C=O) groups is 2. The van der Waals surface area contributed by atoms with E-state index in [1.54, 1.807) is 28.8 Å². The van der Waals surface area contributed by atoms with E-state index in [9.17, 15) is 14.0 Å². The zero-order valence-corrected chi connectivity index (χ0v) is 20.3. The van der Waals surface area contributed by atoms with Gasteiger partial charge < -0.3 is 15.4 Å². The van der Waals surface area contributed by atoms with E-state index in [-0.39, 0.29) is 36.4 Å². The molecule has 0 fully saturated rings. The number of nitrogens with zero attached hydrogens (tertiary/aromatic N) is 3. The third-order valence-electron chi connectivity index (χ3n) is 5.00. The number of halogens is 1. The van der Waals surface area contributed by atoms with Crippen molar-refractivity contribution in [1.29, 1.82) is 0 Å². The van der Waals surface area contributed by atoms with Gasteiger partial charge in [-0.3, -0.25) is 14.2 Å². The van der Waals surface area contributed by atoms with Crippen molar-refractivity contribution in [2.24, 2.45) is 0 Å². The fourth-order valence-corrected chi connectivity index (χ4v) is 4.08. The van der Waals surface area contributed by atoms with Crippen molar-refractivity contribution < 1.29 is 18.7 Å². The van der Waals surface area contributed by atoms with Crippen LogP contribution in [0.5, 0.6) is 5.75 Å². The average Bonchev–Trinajstić information content (AvgIpc) is 3.30. The highest BCUT2D eigenvalue weighted by Crippen LogP contribution is 2.23. The zero-order valence-electron chi connectivity index (χ0n) is 19.5. The van der Waals surface area contributed by atoms with Crippen LogP contribution in [0, 0.1) is 12.7 Å². The van der Waals surface area contributed by atoms with Gasteiger partial charge in [0, 0.05) is 5.69 Å². The molecule has 0 saturated carbocycles. The average molecular weight is 506 g/mol. The van der Waals surface area contributed by atoms with Gasteiger partial charge in [-0.25, -0.2) is 4.39 Å². The van der Waals surface area contributed by atoms with Crippen LogP contribution in [0.25, 0.3) is 5.69 Å². The van der Waals surface area contributed by atoms with Crippen molar-refractivity contribution in [3.8, 4) is 11.4 Å². The molecule has 10 heteroatoms. The van der Waals surface area contributed by atoms with Crippen LogP contribution in [0.15, 0.2) is 84.0 Å². The van der Waals surface area contributed by atoms with Crippen molar-refractivity contribution in [2.75, 3.05) is 17.7 Å². The standard InChI is InChI=1S/C26H24FN5O3S/c1-18-8-7-9-19(14-18)32-23(15-28-24(33)16-35-20-10-3-2-4-11-20)30-31-26(32)36-17-25(34)29-22-13-6-5-12-21(22)27/h2-14H,15-17H2,1H3,(H,28,33)(H,29,34). The van der Waals surface area contributed by atoms with Crippen LogP contribution < -0.4 is 15.4 Å². The summed E-state index contributed by atoms with van der Waals surface area (Å²) in [4.78, 5) is 24.8. The van der Waals surface area contributed by atoms with Crippen LogP contribution in [0.4, 0.5) is 10.1 Å². The van der Waals surface area contributed by atoms with Gasteiger partial charge in [-0.05, 0) is 48.9 Å². The lowest BCUT2D eigenvalue weighted by atomic mass is 10.2. The van der Waals surface area contributed by atoms with E-state index in [2.05, 4.69) is 20.8 Å². The topological polar surface area (TPSA) is 98.1 Å². The molecule has 36 heavy (non-hydrogen) atoms. The minimum absolute atomic E-state index is 0.00441. The summed E-state index contributed by atoms with van der Waals surface area (Å²) in [6.07, 6.45) is 0. The van der Waals surface area contributed by atoms with Gasteiger partial charge in [-0.2, -0.15) is 0 Å². The highest BCUT2D eigenvalue weighted by molar-refractivity contribution is 7.99. The molecule has 1 aromatic heterocycles. The fraction of sp³-hybridized carbons (Fsp3) is 0.154. The summed E-state index contributed by atoms with van der Waals surface area (Å²) in [6, 6.07) is 22.7. The number of ether oxygens (including phenoxy) is 1. The molecule has 1 heterocycles. The van der Waals surface area contributed by atoms with E-state index in [0.29, 0.717) is 16.7 Å². The summed E-state index contributed by atoms with van der Waals surface area (Å²) in [5.41, 5.74) is 1.94. The molecule has 4 aromatic rings. The smallest absolute Gasteiger partial charge is 0.258 e. The maximum atomic E-state index is 13.8. The van der Waals surface area contributed by atoms with E-state index in [4.69, 9.17) is 4.74 Å². The second-order valence-electron chi connectivity index (χ2n) is 7.77. The maximum absolute atomic E-state index is 13.8. The number of hydrogen-bond donors (Lipinski definition) is 2. The van der Waals surface area contributed by atoms with Gasteiger partial charge in [-0.1, -0.05) is 54.2 Å². The quantitative estimate of drug-likeness (QED) is 0.315. The molecule has 0 aliphatic rings. The zero-order chi connectivity index (χ0) is 25.3. The summed E-state index contributed by atoms with van der Waals surface area (Å²) in [7, 11) is 0. The van der Waals surface area contributed by atoms with Crippen LogP contribution in [0.3, 0.4) is 0 Å². The van der Waals surface area contributed by atoms with Crippen molar-refractivity contribution in [1.82, 2.24) is 20.1 Å². The summed E-state index contributed by atoms with van der Waals surface area (Å²) in [6.45, 7) is 1.94. The van der Waals surface area contributed by atoms with E-state index >= 15 is 0 Å². The number of benzene rings is 3. The third kappa shape index (κ3) is 6.70. The van der Waals surface area contributed by atoms with Gasteiger partial charge in [0.25, 0.3) is 5.91 Å². The molecule has 0 aliphatic carbocycles. The predicted octanol–water partition coefficient (Wildman–Crippen LogP) is 4.14. The molecule has 0 aliphatic heterocycles. The fourth-order valence-electron chi connectivity index (χ4n) is 3.31. The van der Waals surface area contributed by atoms with Crippen molar-refractivity contribution in [2.45, 2.75) is 18.6 Å². The number of anilines is 1. The second kappa shape index (κ2) is 12.0. The van der Waals surface area contributed by atoms with Gasteiger partial charge >= 0.3 is 0 Å². The minimum Gasteiger partial charge on any atom is -0.484 e. The number of aromatic nitrogens is 3. The predicted molar refractivity (Wildman–Crippen MR) is 136 cm³/mol. The molecule has 3 aromatic carbocycles. The minimum atomic E-state index is -0.506. The first-order valence-corrected chi connectivity index (χ1v) is 12.1. The third-order valence-corrected chi connectivity index (χ3v) is 5.93. The van der Waals surface area contributed by atoms with Crippen molar-refractivity contribution in [3.05, 3.63) is 96.1 Å². The number of carbonyl (C=O) groups excluding carboxylic acids is 2. The van der Waals surface area contributed by atoms with Crippen LogP contribution in [-0.2, 0) is 16.1 Å². The number of nitrogens with one attached hydrogen (secondary N) is 2. The van der Waals surface area contributed by atoms with Crippen molar-refractivity contribution in [3.63, 3.8) is 0 Å². The molecule has 0 saturated heterocycles. The summed E-state index contributed by atoms with van der Waals surface area (Å²) >= 11 is 1.16. The maximum Gasteiger partial charge on any atom is 0.258 e. The van der Waals surface area contributed by atoms with Crippen molar-refractivity contribution >= 4 is 29.3 Å². The second-order valence-corrected chi connectivity index (χ2v) is 8.71. The van der Waals surface area contributed by atoms with Gasteiger partial charge in [0.15, 0.2) is 17.6 Å². The van der Waals surface area contributed by atoms with Crippen LogP contribution in [-0.4, -0.2) is 38.9 Å². The lowest BCUT2D eigenvalue weighted by Crippen LogP contribution is -2.29. The molecule has 2 N–H and O–H groups in total. The summed E-state index contributed by atoms with van der Waals surface area (Å²) in [5, 5.41) is 14.3. The molecule has 0 unspecified atom stereocenters. The molecule has 0 bridgehead atoms. The first-order valence-electron chi connectivity index (χ1n) is 11.1. The van der Waals surface area contributed by atoms with Crippen LogP contribution in [0.1, 0.15) is 11.4 Å². The van der Waals surface area contributed by atoms with E-state index < -0.39 is 5.82 Å². The lowest BCUT2D eigenvalue weighted by molar-refractivity contribution is -0.123. The molecule has 0 radical (unpaired) electrons. The first-order chi connectivity index (χ1) is 17.5.